The molecule has 0 saturated heterocycles. The number of aliphatic imine (C=N–C) groups is 1. The fourth-order valence-corrected chi connectivity index (χ4v) is 16.2. The van der Waals surface area contributed by atoms with E-state index in [-0.39, 0.29) is 62.1 Å². The molecule has 0 atom stereocenters. The smallest absolute Gasteiger partial charge is 0.262 e. The highest BCUT2D eigenvalue weighted by atomic mass is 127. The maximum atomic E-state index is 14.4. The van der Waals surface area contributed by atoms with Gasteiger partial charge in [0.2, 0.25) is 20.0 Å². The average Bonchev–Trinajstić information content (AvgIpc) is 4.16. The zero-order valence-corrected chi connectivity index (χ0v) is 49.5. The van der Waals surface area contributed by atoms with E-state index in [1.54, 1.807) is 97.1 Å². The van der Waals surface area contributed by atoms with Crippen molar-refractivity contribution in [2.75, 3.05) is 41.7 Å². The van der Waals surface area contributed by atoms with Crippen LogP contribution < -0.4 is 18.9 Å². The molecule has 0 fully saturated rings. The van der Waals surface area contributed by atoms with E-state index in [9.17, 15) is 33.7 Å². The second-order valence-electron chi connectivity index (χ2n) is 16.1. The average molecular weight is 1380 g/mol. The number of hydrogen-bond donors (Lipinski definition) is 0. The number of benzene rings is 6. The third-order valence-corrected chi connectivity index (χ3v) is 19.9. The SMILES string of the molecule is COc1ccc(CN(Cc2ccc(OC)cc2)S(=O)(=O)c2c(S(=O)(=O)Cl)ccc(I)c2C2=NCN=N2)cc1.COc1ccc(CN(Cc2ccc(OC)cc2)S(=O)(=O)c2c(S(=O)(=O)Cl)ccc(I)c2C2=NN=NC2)cc1. The second kappa shape index (κ2) is 25.1. The maximum absolute atomic E-state index is 14.4. The molecule has 0 unspecified atom stereocenters. The first-order chi connectivity index (χ1) is 36.1. The Morgan fingerprint density at radius 2 is 0.829 bits per heavy atom. The van der Waals surface area contributed by atoms with Crippen molar-refractivity contribution in [1.29, 1.82) is 0 Å². The van der Waals surface area contributed by atoms with Gasteiger partial charge in [-0.2, -0.15) is 18.8 Å². The van der Waals surface area contributed by atoms with E-state index in [0.717, 1.165) is 0 Å². The third-order valence-electron chi connectivity index (χ3n) is 11.3. The standard InChI is InChI=1S/2C24H22ClIN4O6S2/c1-35-18-7-3-16(4-8-18)14-30(15-17-5-9-19(36-2)10-6-17)38(33,34)24-22(37(25,31)32)12-11-20(26)23(24)21-13-27-29-28-21;1-35-18-7-3-16(4-8-18)13-30(14-17-5-9-19(36-2)10-6-17)38(33,34)23-21(37(25,31)32)12-11-20(26)22(23)24-27-15-28-29-24/h2*3-12H,13-15H2,1-2H3. The molecule has 0 radical (unpaired) electrons. The summed E-state index contributed by atoms with van der Waals surface area (Å²) in [5.41, 5.74) is 2.99. The Hall–Kier alpha value is -5.18. The molecule has 76 heavy (non-hydrogen) atoms. The zero-order chi connectivity index (χ0) is 55.0. The van der Waals surface area contributed by atoms with E-state index in [1.807, 2.05) is 45.2 Å². The van der Waals surface area contributed by atoms with Crippen LogP contribution in [0.15, 0.2) is 172 Å². The fourth-order valence-electron chi connectivity index (χ4n) is 7.60. The van der Waals surface area contributed by atoms with Crippen molar-refractivity contribution >= 4 is 116 Å². The van der Waals surface area contributed by atoms with Crippen LogP contribution in [-0.4, -0.2) is 95.5 Å². The Kier molecular flexibility index (Phi) is 19.3. The Morgan fingerprint density at radius 3 is 1.12 bits per heavy atom. The summed E-state index contributed by atoms with van der Waals surface area (Å²) in [6.07, 6.45) is 0. The molecule has 6 aromatic rings. The Morgan fingerprint density at radius 1 is 0.487 bits per heavy atom. The lowest BCUT2D eigenvalue weighted by Crippen LogP contribution is -2.33. The van der Waals surface area contributed by atoms with Crippen molar-refractivity contribution < 1.29 is 52.6 Å². The summed E-state index contributed by atoms with van der Waals surface area (Å²) < 4.78 is 132. The largest absolute Gasteiger partial charge is 0.497 e. The van der Waals surface area contributed by atoms with Gasteiger partial charge >= 0.3 is 0 Å². The van der Waals surface area contributed by atoms with Gasteiger partial charge in [0.05, 0.1) is 39.7 Å². The maximum Gasteiger partial charge on any atom is 0.262 e. The number of nitrogens with zero attached hydrogens (tertiary/aromatic N) is 8. The van der Waals surface area contributed by atoms with Gasteiger partial charge in [0.15, 0.2) is 12.5 Å². The van der Waals surface area contributed by atoms with Crippen LogP contribution in [0.3, 0.4) is 0 Å². The molecule has 0 aromatic heterocycles. The van der Waals surface area contributed by atoms with Crippen LogP contribution >= 0.6 is 66.5 Å². The normalized spacial score (nSPS) is 13.6. The number of sulfonamides is 2. The summed E-state index contributed by atoms with van der Waals surface area (Å²) in [6.45, 7) is -0.262. The van der Waals surface area contributed by atoms with E-state index in [4.69, 9.17) is 40.3 Å². The molecular formula is C48H44Cl2I2N8O12S4. The lowest BCUT2D eigenvalue weighted by Gasteiger charge is -2.25. The summed E-state index contributed by atoms with van der Waals surface area (Å²) in [5.74, 6) is 2.46. The van der Waals surface area contributed by atoms with Gasteiger partial charge in [-0.15, -0.1) is 10.2 Å². The van der Waals surface area contributed by atoms with Gasteiger partial charge in [-0.1, -0.05) is 48.5 Å². The zero-order valence-electron chi connectivity index (χ0n) is 40.4. The predicted octanol–water partition coefficient (Wildman–Crippen LogP) is 9.59. The number of hydrogen-bond acceptors (Lipinski definition) is 18. The van der Waals surface area contributed by atoms with Crippen LogP contribution in [0.25, 0.3) is 0 Å². The van der Waals surface area contributed by atoms with Crippen LogP contribution in [-0.2, 0) is 64.3 Å². The minimum atomic E-state index is -4.51. The molecule has 2 aliphatic heterocycles. The first-order valence-corrected chi connectivity index (χ1v) is 31.7. The monoisotopic (exact) mass is 1380 g/mol. The molecule has 28 heteroatoms. The summed E-state index contributed by atoms with van der Waals surface area (Å²) in [4.78, 5) is 2.09. The van der Waals surface area contributed by atoms with Crippen molar-refractivity contribution in [2.24, 2.45) is 30.7 Å². The topological polar surface area (TPSA) is 254 Å². The molecule has 0 aliphatic carbocycles. The molecule has 400 valence electrons. The second-order valence-corrected chi connectivity index (χ2v) is 27.3. The summed E-state index contributed by atoms with van der Waals surface area (Å²) in [7, 11) is -0.300. The van der Waals surface area contributed by atoms with E-state index in [2.05, 4.69) is 30.7 Å². The lowest BCUT2D eigenvalue weighted by atomic mass is 10.1. The highest BCUT2D eigenvalue weighted by molar-refractivity contribution is 14.1. The van der Waals surface area contributed by atoms with Gasteiger partial charge in [0.1, 0.15) is 49.1 Å². The molecular weight excluding hydrogens is 1330 g/mol. The predicted molar refractivity (Wildman–Crippen MR) is 302 cm³/mol. The molecule has 0 N–H and O–H groups in total. The summed E-state index contributed by atoms with van der Waals surface area (Å²) >= 11 is 3.85. The van der Waals surface area contributed by atoms with Gasteiger partial charge < -0.3 is 18.9 Å². The van der Waals surface area contributed by atoms with Gasteiger partial charge in [0, 0.05) is 60.2 Å². The van der Waals surface area contributed by atoms with Gasteiger partial charge in [-0.25, -0.2) is 38.7 Å². The minimum Gasteiger partial charge on any atom is -0.497 e. The quantitative estimate of drug-likeness (QED) is 0.0511. The van der Waals surface area contributed by atoms with Crippen molar-refractivity contribution in [3.63, 3.8) is 0 Å². The lowest BCUT2D eigenvalue weighted by molar-refractivity contribution is 0.396. The van der Waals surface area contributed by atoms with E-state index >= 15 is 0 Å². The Labute approximate surface area is 476 Å². The molecule has 6 aromatic carbocycles. The number of rotatable bonds is 20. The Bertz CT molecular complexity index is 3610. The van der Waals surface area contributed by atoms with Crippen LogP contribution in [0.1, 0.15) is 33.4 Å². The van der Waals surface area contributed by atoms with E-state index in [0.29, 0.717) is 52.4 Å². The fraction of sp³-hybridized carbons (Fsp3) is 0.208. The van der Waals surface area contributed by atoms with Crippen LogP contribution in [0, 0.1) is 7.14 Å². The van der Waals surface area contributed by atoms with Gasteiger partial charge in [0.25, 0.3) is 18.1 Å². The van der Waals surface area contributed by atoms with Crippen LogP contribution in [0.4, 0.5) is 0 Å². The van der Waals surface area contributed by atoms with Gasteiger partial charge in [-0.05, 0) is 145 Å². The van der Waals surface area contributed by atoms with Crippen molar-refractivity contribution in [3.8, 4) is 23.0 Å². The number of ether oxygens (including phenoxy) is 4. The van der Waals surface area contributed by atoms with E-state index in [1.165, 1.54) is 61.3 Å². The molecule has 0 amide bonds. The summed E-state index contributed by atoms with van der Waals surface area (Å²) in [5, 5.41) is 19.1. The molecule has 0 bridgehead atoms. The number of methoxy groups -OCH3 is 4. The number of halogens is 4. The van der Waals surface area contributed by atoms with Crippen molar-refractivity contribution in [3.05, 3.63) is 162 Å². The molecule has 2 heterocycles. The van der Waals surface area contributed by atoms with Crippen molar-refractivity contribution in [1.82, 2.24) is 8.61 Å². The van der Waals surface area contributed by atoms with Crippen LogP contribution in [0.2, 0.25) is 0 Å². The number of amidine groups is 1. The molecule has 20 nitrogen and oxygen atoms in total. The van der Waals surface area contributed by atoms with Crippen LogP contribution in [0.5, 0.6) is 23.0 Å². The molecule has 8 rings (SSSR count). The highest BCUT2D eigenvalue weighted by Gasteiger charge is 2.39. The molecule has 0 saturated carbocycles. The summed E-state index contributed by atoms with van der Waals surface area (Å²) in [6, 6.07) is 32.9. The van der Waals surface area contributed by atoms with Crippen molar-refractivity contribution in [2.45, 2.75) is 45.8 Å². The Balaban J connectivity index is 0.000000221. The first kappa shape index (κ1) is 58.5. The first-order valence-electron chi connectivity index (χ1n) is 22.0. The van der Waals surface area contributed by atoms with Gasteiger partial charge in [-0.3, -0.25) is 0 Å². The third kappa shape index (κ3) is 13.9. The minimum absolute atomic E-state index is 0.00126. The number of azo groups is 1. The molecule has 2 aliphatic rings. The van der Waals surface area contributed by atoms with E-state index < -0.39 is 57.7 Å². The molecule has 0 spiro atoms. The highest BCUT2D eigenvalue weighted by Crippen LogP contribution is 2.38.